The zero-order valence-corrected chi connectivity index (χ0v) is 27.9. The van der Waals surface area contributed by atoms with Crippen molar-refractivity contribution in [3.8, 4) is 35.2 Å². The molecule has 3 aromatic carbocycles. The van der Waals surface area contributed by atoms with Gasteiger partial charge < -0.3 is 24.8 Å². The van der Waals surface area contributed by atoms with E-state index in [1.165, 1.54) is 18.2 Å². The predicted molar refractivity (Wildman–Crippen MR) is 185 cm³/mol. The molecule has 9 rings (SSSR count). The summed E-state index contributed by atoms with van der Waals surface area (Å²) in [5, 5.41) is 16.0. The van der Waals surface area contributed by atoms with E-state index in [1.807, 2.05) is 19.9 Å². The number of hydrogen-bond donors (Lipinski definition) is 2. The molecular weight excluding hydrogens is 624 g/mol. The Morgan fingerprint density at radius 1 is 1.12 bits per heavy atom. The molecule has 0 radical (unpaired) electrons. The number of likely N-dealkylation sites (tertiary alicyclic amines) is 1. The summed E-state index contributed by atoms with van der Waals surface area (Å²) in [6.07, 6.45) is 11.6. The van der Waals surface area contributed by atoms with Gasteiger partial charge in [0, 0.05) is 66.1 Å². The molecule has 4 saturated heterocycles. The van der Waals surface area contributed by atoms with Crippen LogP contribution in [-0.2, 0) is 4.74 Å². The number of terminal acetylenes is 1. The van der Waals surface area contributed by atoms with Gasteiger partial charge in [-0.05, 0) is 78.8 Å². The summed E-state index contributed by atoms with van der Waals surface area (Å²) in [5.74, 6) is 1.80. The molecule has 5 fully saturated rings. The SMILES string of the molecule is C#Cc1c(F)ccc2cc(O)cc(-c3c(C(C)C)cc4c(N5CC6CCC(C5)N6)nc(OCC5(CN6C[C@@H]7C[C@H]6CO7)CC5)nc4c3F)c12. The molecule has 5 heterocycles. The van der Waals surface area contributed by atoms with Crippen molar-refractivity contribution < 1.29 is 23.4 Å². The van der Waals surface area contributed by atoms with Gasteiger partial charge in [-0.15, -0.1) is 6.42 Å². The van der Waals surface area contributed by atoms with Crippen LogP contribution in [-0.4, -0.2) is 83.6 Å². The molecule has 4 bridgehead atoms. The second kappa shape index (κ2) is 11.5. The standard InChI is InChI=1S/C39H41F2N5O3/c1-4-28-32(40)8-5-22-11-26(47)13-30(33(22)28)34-29(21(2)3)14-31-36(35(34)41)43-38(44-37(31)45-15-23-6-7-24(16-45)42-23)49-20-39(9-10-39)19-46-17-27-12-25(46)18-48-27/h1,5,8,11,13-14,21,23-25,27,42,47H,6-7,9-10,12,15-20H2,2-3H3/t23?,24?,25-,27-/m0/s1. The number of benzene rings is 3. The number of halogens is 2. The van der Waals surface area contributed by atoms with Crippen molar-refractivity contribution in [3.05, 3.63) is 53.1 Å². The third kappa shape index (κ3) is 5.29. The van der Waals surface area contributed by atoms with E-state index in [-0.39, 0.29) is 39.7 Å². The first-order chi connectivity index (χ1) is 23.7. The summed E-state index contributed by atoms with van der Waals surface area (Å²) in [6.45, 7) is 8.68. The smallest absolute Gasteiger partial charge is 0.319 e. The monoisotopic (exact) mass is 665 g/mol. The highest BCUT2D eigenvalue weighted by Crippen LogP contribution is 2.49. The van der Waals surface area contributed by atoms with E-state index in [4.69, 9.17) is 25.9 Å². The minimum atomic E-state index is -0.578. The van der Waals surface area contributed by atoms with Gasteiger partial charge in [0.15, 0.2) is 5.82 Å². The Morgan fingerprint density at radius 3 is 2.59 bits per heavy atom. The summed E-state index contributed by atoms with van der Waals surface area (Å²) in [7, 11) is 0. The quantitative estimate of drug-likeness (QED) is 0.218. The van der Waals surface area contributed by atoms with Crippen LogP contribution in [0, 0.1) is 29.4 Å². The largest absolute Gasteiger partial charge is 0.508 e. The lowest BCUT2D eigenvalue weighted by Gasteiger charge is -2.34. The fraction of sp³-hybridized carbons (Fsp3) is 0.487. The Hall–Kier alpha value is -4.04. The molecule has 0 spiro atoms. The summed E-state index contributed by atoms with van der Waals surface area (Å²) < 4.78 is 44.9. The van der Waals surface area contributed by atoms with Crippen molar-refractivity contribution in [1.82, 2.24) is 20.2 Å². The van der Waals surface area contributed by atoms with Gasteiger partial charge in [-0.2, -0.15) is 9.97 Å². The molecule has 49 heavy (non-hydrogen) atoms. The summed E-state index contributed by atoms with van der Waals surface area (Å²) >= 11 is 0. The van der Waals surface area contributed by atoms with E-state index in [1.54, 1.807) is 6.07 Å². The first kappa shape index (κ1) is 31.0. The number of ether oxygens (including phenoxy) is 2. The molecule has 0 amide bonds. The van der Waals surface area contributed by atoms with Crippen LogP contribution >= 0.6 is 0 Å². The number of morpholine rings is 1. The van der Waals surface area contributed by atoms with Crippen molar-refractivity contribution in [2.24, 2.45) is 5.41 Å². The van der Waals surface area contributed by atoms with Crippen LogP contribution in [0.15, 0.2) is 30.3 Å². The summed E-state index contributed by atoms with van der Waals surface area (Å²) in [5.41, 5.74) is 1.46. The first-order valence-corrected chi connectivity index (χ1v) is 17.6. The lowest BCUT2D eigenvalue weighted by Crippen LogP contribution is -2.51. The Morgan fingerprint density at radius 2 is 1.92 bits per heavy atom. The van der Waals surface area contributed by atoms with Gasteiger partial charge in [0.1, 0.15) is 22.9 Å². The number of anilines is 1. The number of nitrogens with one attached hydrogen (secondary N) is 1. The highest BCUT2D eigenvalue weighted by Gasteiger charge is 2.49. The molecule has 1 aliphatic carbocycles. The van der Waals surface area contributed by atoms with Crippen molar-refractivity contribution in [2.45, 2.75) is 76.1 Å². The number of aromatic hydroxyl groups is 1. The van der Waals surface area contributed by atoms with Crippen LogP contribution in [0.3, 0.4) is 0 Å². The second-order valence-corrected chi connectivity index (χ2v) is 15.3. The number of phenols is 1. The average Bonchev–Trinajstić information content (AvgIpc) is 3.34. The van der Waals surface area contributed by atoms with Gasteiger partial charge in [0.25, 0.3) is 0 Å². The third-order valence-electron chi connectivity index (χ3n) is 11.5. The van der Waals surface area contributed by atoms with E-state index in [2.05, 4.69) is 21.0 Å². The van der Waals surface area contributed by atoms with Crippen molar-refractivity contribution >= 4 is 27.5 Å². The average molecular weight is 666 g/mol. The zero-order chi connectivity index (χ0) is 33.6. The van der Waals surface area contributed by atoms with Gasteiger partial charge in [0.05, 0.1) is 24.9 Å². The van der Waals surface area contributed by atoms with Crippen LogP contribution in [0.4, 0.5) is 14.6 Å². The lowest BCUT2D eigenvalue weighted by molar-refractivity contribution is 0.0176. The third-order valence-corrected chi connectivity index (χ3v) is 11.5. The van der Waals surface area contributed by atoms with Crippen molar-refractivity contribution in [1.29, 1.82) is 0 Å². The van der Waals surface area contributed by atoms with E-state index in [9.17, 15) is 5.11 Å². The minimum Gasteiger partial charge on any atom is -0.508 e. The maximum Gasteiger partial charge on any atom is 0.319 e. The van der Waals surface area contributed by atoms with Crippen molar-refractivity contribution in [3.63, 3.8) is 0 Å². The van der Waals surface area contributed by atoms with Crippen LogP contribution in [0.25, 0.3) is 32.8 Å². The van der Waals surface area contributed by atoms with E-state index in [0.29, 0.717) is 63.9 Å². The van der Waals surface area contributed by atoms with Gasteiger partial charge in [-0.25, -0.2) is 8.78 Å². The Balaban J connectivity index is 1.18. The van der Waals surface area contributed by atoms with Crippen LogP contribution in [0.5, 0.6) is 11.8 Å². The van der Waals surface area contributed by atoms with Crippen LogP contribution in [0.2, 0.25) is 0 Å². The minimum absolute atomic E-state index is 0.0258. The molecule has 254 valence electrons. The lowest BCUT2D eigenvalue weighted by atomic mass is 9.86. The number of hydrogen-bond acceptors (Lipinski definition) is 8. The fourth-order valence-corrected chi connectivity index (χ4v) is 8.82. The van der Waals surface area contributed by atoms with Gasteiger partial charge in [-0.1, -0.05) is 25.8 Å². The Kier molecular flexibility index (Phi) is 7.28. The van der Waals surface area contributed by atoms with Crippen LogP contribution in [0.1, 0.15) is 63.0 Å². The number of phenolic OH excluding ortho intramolecular Hbond substituents is 1. The van der Waals surface area contributed by atoms with E-state index in [0.717, 1.165) is 64.9 Å². The molecule has 1 aromatic heterocycles. The molecule has 4 aliphatic heterocycles. The first-order valence-electron chi connectivity index (χ1n) is 17.6. The van der Waals surface area contributed by atoms with Crippen molar-refractivity contribution in [2.75, 3.05) is 44.3 Å². The topological polar surface area (TPSA) is 83.0 Å². The van der Waals surface area contributed by atoms with Gasteiger partial charge >= 0.3 is 6.01 Å². The zero-order valence-electron chi connectivity index (χ0n) is 27.9. The highest BCUT2D eigenvalue weighted by atomic mass is 19.1. The Labute approximate surface area is 284 Å². The molecule has 4 aromatic rings. The van der Waals surface area contributed by atoms with Crippen LogP contribution < -0.4 is 15.0 Å². The maximum atomic E-state index is 17.5. The van der Waals surface area contributed by atoms with E-state index < -0.39 is 11.6 Å². The number of nitrogens with zero attached hydrogens (tertiary/aromatic N) is 4. The molecule has 2 unspecified atom stereocenters. The number of aromatic nitrogens is 2. The van der Waals surface area contributed by atoms with Gasteiger partial charge in [0.2, 0.25) is 0 Å². The summed E-state index contributed by atoms with van der Waals surface area (Å²) in [6, 6.07) is 9.11. The van der Waals surface area contributed by atoms with E-state index >= 15 is 8.78 Å². The number of fused-ring (bicyclic) bond motifs is 6. The predicted octanol–water partition coefficient (Wildman–Crippen LogP) is 6.11. The molecule has 5 aliphatic rings. The molecule has 8 nitrogen and oxygen atoms in total. The number of rotatable bonds is 8. The molecule has 10 heteroatoms. The molecule has 4 atom stereocenters. The molecular formula is C39H41F2N5O3. The Bertz CT molecular complexity index is 2030. The normalized spacial score (nSPS) is 25.5. The van der Waals surface area contributed by atoms with Gasteiger partial charge in [-0.3, -0.25) is 4.90 Å². The highest BCUT2D eigenvalue weighted by molar-refractivity contribution is 6.05. The number of piperazine rings is 1. The summed E-state index contributed by atoms with van der Waals surface area (Å²) in [4.78, 5) is 14.6. The second-order valence-electron chi connectivity index (χ2n) is 15.3. The fourth-order valence-electron chi connectivity index (χ4n) is 8.82. The maximum absolute atomic E-state index is 17.5. The molecule has 2 N–H and O–H groups in total. The molecule has 1 saturated carbocycles.